The van der Waals surface area contributed by atoms with E-state index in [-0.39, 0.29) is 11.9 Å². The second-order valence-corrected chi connectivity index (χ2v) is 7.76. The average molecular weight is 345 g/mol. The SMILES string of the molecule is CC(C)c1ccccc1NC(=O)N1CCCC2(C1)NC(=O)C(C)(C)O2. The van der Waals surface area contributed by atoms with E-state index in [1.165, 1.54) is 0 Å². The predicted octanol–water partition coefficient (Wildman–Crippen LogP) is 3.06. The molecule has 1 atom stereocenters. The van der Waals surface area contributed by atoms with Crippen LogP contribution in [0.2, 0.25) is 0 Å². The Balaban J connectivity index is 1.72. The Hall–Kier alpha value is -2.08. The van der Waals surface area contributed by atoms with Crippen LogP contribution < -0.4 is 10.6 Å². The number of para-hydroxylation sites is 1. The highest BCUT2D eigenvalue weighted by molar-refractivity contribution is 5.91. The summed E-state index contributed by atoms with van der Waals surface area (Å²) in [6.45, 7) is 8.73. The number of nitrogens with zero attached hydrogens (tertiary/aromatic N) is 1. The third kappa shape index (κ3) is 3.49. The Labute approximate surface area is 148 Å². The Bertz CT molecular complexity index is 686. The van der Waals surface area contributed by atoms with Crippen molar-refractivity contribution in [3.05, 3.63) is 29.8 Å². The fourth-order valence-corrected chi connectivity index (χ4v) is 3.61. The minimum Gasteiger partial charge on any atom is -0.338 e. The molecule has 0 aliphatic carbocycles. The van der Waals surface area contributed by atoms with Gasteiger partial charge in [0.2, 0.25) is 0 Å². The third-order valence-corrected chi connectivity index (χ3v) is 4.91. The summed E-state index contributed by atoms with van der Waals surface area (Å²) < 4.78 is 6.00. The van der Waals surface area contributed by atoms with Crippen molar-refractivity contribution in [3.8, 4) is 0 Å². The molecule has 2 aliphatic heterocycles. The van der Waals surface area contributed by atoms with Gasteiger partial charge >= 0.3 is 6.03 Å². The number of ether oxygens (including phenoxy) is 1. The summed E-state index contributed by atoms with van der Waals surface area (Å²) in [5.41, 5.74) is 0.310. The van der Waals surface area contributed by atoms with Crippen LogP contribution in [0.25, 0.3) is 0 Å². The summed E-state index contributed by atoms with van der Waals surface area (Å²) in [6.07, 6.45) is 1.50. The van der Waals surface area contributed by atoms with E-state index in [0.29, 0.717) is 25.4 Å². The van der Waals surface area contributed by atoms with Crippen LogP contribution in [0.15, 0.2) is 24.3 Å². The molecule has 25 heavy (non-hydrogen) atoms. The molecular formula is C19H27N3O3. The minimum absolute atomic E-state index is 0.125. The minimum atomic E-state index is -0.857. The summed E-state index contributed by atoms with van der Waals surface area (Å²) in [7, 11) is 0. The van der Waals surface area contributed by atoms with Crippen molar-refractivity contribution in [1.29, 1.82) is 0 Å². The number of benzene rings is 1. The smallest absolute Gasteiger partial charge is 0.322 e. The lowest BCUT2D eigenvalue weighted by atomic mass is 10.0. The van der Waals surface area contributed by atoms with Crippen LogP contribution in [-0.2, 0) is 9.53 Å². The van der Waals surface area contributed by atoms with Crippen LogP contribution in [0.3, 0.4) is 0 Å². The number of nitrogens with one attached hydrogen (secondary N) is 2. The van der Waals surface area contributed by atoms with E-state index in [9.17, 15) is 9.59 Å². The molecular weight excluding hydrogens is 318 g/mol. The van der Waals surface area contributed by atoms with Crippen molar-refractivity contribution in [2.75, 3.05) is 18.4 Å². The van der Waals surface area contributed by atoms with E-state index in [0.717, 1.165) is 17.7 Å². The van der Waals surface area contributed by atoms with Gasteiger partial charge in [0.1, 0.15) is 5.60 Å². The molecule has 0 radical (unpaired) electrons. The number of hydrogen-bond acceptors (Lipinski definition) is 3. The largest absolute Gasteiger partial charge is 0.338 e. The average Bonchev–Trinajstić information content (AvgIpc) is 2.75. The molecule has 3 rings (SSSR count). The lowest BCUT2D eigenvalue weighted by Crippen LogP contribution is -2.57. The van der Waals surface area contributed by atoms with E-state index in [1.54, 1.807) is 18.7 Å². The number of likely N-dealkylation sites (tertiary alicyclic amines) is 1. The van der Waals surface area contributed by atoms with Gasteiger partial charge in [-0.05, 0) is 44.2 Å². The van der Waals surface area contributed by atoms with Crippen LogP contribution in [0.1, 0.15) is 52.0 Å². The van der Waals surface area contributed by atoms with Crippen molar-refractivity contribution >= 4 is 17.6 Å². The second-order valence-electron chi connectivity index (χ2n) is 7.76. The van der Waals surface area contributed by atoms with Crippen LogP contribution in [-0.4, -0.2) is 41.3 Å². The summed E-state index contributed by atoms with van der Waals surface area (Å²) in [5, 5.41) is 5.97. The van der Waals surface area contributed by atoms with Gasteiger partial charge in [0, 0.05) is 12.2 Å². The fourth-order valence-electron chi connectivity index (χ4n) is 3.61. The number of hydrogen-bond donors (Lipinski definition) is 2. The zero-order valence-electron chi connectivity index (χ0n) is 15.4. The second kappa shape index (κ2) is 6.33. The van der Waals surface area contributed by atoms with E-state index < -0.39 is 11.3 Å². The molecule has 1 unspecified atom stereocenters. The highest BCUT2D eigenvalue weighted by Crippen LogP contribution is 2.34. The summed E-state index contributed by atoms with van der Waals surface area (Å²) in [4.78, 5) is 26.6. The summed E-state index contributed by atoms with van der Waals surface area (Å²) in [5.74, 6) is 0.197. The normalized spacial score (nSPS) is 25.3. The van der Waals surface area contributed by atoms with Crippen LogP contribution >= 0.6 is 0 Å². The Morgan fingerprint density at radius 2 is 2.04 bits per heavy atom. The quantitative estimate of drug-likeness (QED) is 0.865. The van der Waals surface area contributed by atoms with Crippen LogP contribution in [0, 0.1) is 0 Å². The molecule has 1 aromatic carbocycles. The summed E-state index contributed by atoms with van der Waals surface area (Å²) in [6, 6.07) is 7.69. The monoisotopic (exact) mass is 345 g/mol. The van der Waals surface area contributed by atoms with Gasteiger partial charge in [0.05, 0.1) is 6.54 Å². The standard InChI is InChI=1S/C19H27N3O3/c1-13(2)14-8-5-6-9-15(14)20-17(24)22-11-7-10-19(12-22)21-16(23)18(3,4)25-19/h5-6,8-9,13H,7,10-12H2,1-4H3,(H,20,24)(H,21,23). The lowest BCUT2D eigenvalue weighted by Gasteiger charge is -2.40. The molecule has 2 aliphatic rings. The first-order valence-corrected chi connectivity index (χ1v) is 8.90. The maximum Gasteiger partial charge on any atom is 0.322 e. The maximum absolute atomic E-state index is 12.8. The van der Waals surface area contributed by atoms with Gasteiger partial charge in [-0.15, -0.1) is 0 Å². The molecule has 0 bridgehead atoms. The Kier molecular flexibility index (Phi) is 4.49. The number of urea groups is 1. The Morgan fingerprint density at radius 1 is 1.32 bits per heavy atom. The first-order chi connectivity index (χ1) is 11.7. The molecule has 1 spiro atoms. The van der Waals surface area contributed by atoms with E-state index >= 15 is 0 Å². The van der Waals surface area contributed by atoms with Gasteiger partial charge in [-0.3, -0.25) is 4.79 Å². The lowest BCUT2D eigenvalue weighted by molar-refractivity contribution is -0.138. The first kappa shape index (κ1) is 17.7. The molecule has 3 amide bonds. The molecule has 0 aromatic heterocycles. The molecule has 6 nitrogen and oxygen atoms in total. The highest BCUT2D eigenvalue weighted by Gasteiger charge is 2.52. The van der Waals surface area contributed by atoms with Gasteiger partial charge in [0.25, 0.3) is 5.91 Å². The zero-order chi connectivity index (χ0) is 18.2. The number of piperidine rings is 1. The van der Waals surface area contributed by atoms with E-state index in [4.69, 9.17) is 4.74 Å². The summed E-state index contributed by atoms with van der Waals surface area (Å²) >= 11 is 0. The van der Waals surface area contributed by atoms with Crippen LogP contribution in [0.4, 0.5) is 10.5 Å². The zero-order valence-corrected chi connectivity index (χ0v) is 15.4. The van der Waals surface area contributed by atoms with E-state index in [2.05, 4.69) is 24.5 Å². The van der Waals surface area contributed by atoms with Crippen molar-refractivity contribution in [3.63, 3.8) is 0 Å². The fraction of sp³-hybridized carbons (Fsp3) is 0.579. The number of carbonyl (C=O) groups excluding carboxylic acids is 2. The number of carbonyl (C=O) groups is 2. The van der Waals surface area contributed by atoms with Crippen molar-refractivity contribution in [1.82, 2.24) is 10.2 Å². The molecule has 2 saturated heterocycles. The van der Waals surface area contributed by atoms with Crippen molar-refractivity contribution < 1.29 is 14.3 Å². The highest BCUT2D eigenvalue weighted by atomic mass is 16.6. The topological polar surface area (TPSA) is 70.7 Å². The predicted molar refractivity (Wildman–Crippen MR) is 96.4 cm³/mol. The maximum atomic E-state index is 12.8. The third-order valence-electron chi connectivity index (χ3n) is 4.91. The molecule has 1 aromatic rings. The van der Waals surface area contributed by atoms with Crippen LogP contribution in [0.5, 0.6) is 0 Å². The number of anilines is 1. The molecule has 2 fully saturated rings. The molecule has 2 N–H and O–H groups in total. The number of rotatable bonds is 2. The van der Waals surface area contributed by atoms with E-state index in [1.807, 2.05) is 24.3 Å². The van der Waals surface area contributed by atoms with Gasteiger partial charge in [-0.25, -0.2) is 4.79 Å². The van der Waals surface area contributed by atoms with Gasteiger partial charge in [0.15, 0.2) is 5.72 Å². The molecule has 2 heterocycles. The van der Waals surface area contributed by atoms with Gasteiger partial charge in [-0.2, -0.15) is 0 Å². The van der Waals surface area contributed by atoms with Crippen molar-refractivity contribution in [2.24, 2.45) is 0 Å². The molecule has 136 valence electrons. The number of amides is 3. The van der Waals surface area contributed by atoms with Crippen molar-refractivity contribution in [2.45, 2.75) is 57.8 Å². The molecule has 0 saturated carbocycles. The molecule has 6 heteroatoms. The van der Waals surface area contributed by atoms with Gasteiger partial charge < -0.3 is 20.3 Å². The first-order valence-electron chi connectivity index (χ1n) is 8.90. The Morgan fingerprint density at radius 3 is 2.68 bits per heavy atom. The van der Waals surface area contributed by atoms with Gasteiger partial charge in [-0.1, -0.05) is 32.0 Å².